The Labute approximate surface area is 156 Å². The summed E-state index contributed by atoms with van der Waals surface area (Å²) in [4.78, 5) is 25.1. The largest absolute Gasteiger partial charge is 0.481 e. The average molecular weight is 382 g/mol. The molecule has 2 N–H and O–H groups in total. The van der Waals surface area contributed by atoms with Crippen LogP contribution in [-0.4, -0.2) is 41.1 Å². The molecule has 8 heteroatoms. The molecule has 7 nitrogen and oxygen atoms in total. The highest BCUT2D eigenvalue weighted by Gasteiger charge is 2.61. The van der Waals surface area contributed by atoms with Gasteiger partial charge in [-0.05, 0) is 49.9 Å². The smallest absolute Gasteiger partial charge is 0.309 e. The zero-order chi connectivity index (χ0) is 18.5. The fourth-order valence-corrected chi connectivity index (χ4v) is 6.09. The summed E-state index contributed by atoms with van der Waals surface area (Å²) in [6.45, 7) is 0.992. The average Bonchev–Trinajstić information content (AvgIpc) is 2.57. The summed E-state index contributed by atoms with van der Waals surface area (Å²) in [6, 6.07) is 0. The van der Waals surface area contributed by atoms with Gasteiger partial charge in [0.15, 0.2) is 0 Å². The summed E-state index contributed by atoms with van der Waals surface area (Å²) >= 11 is 6.32. The van der Waals surface area contributed by atoms with Gasteiger partial charge >= 0.3 is 5.97 Å². The maximum absolute atomic E-state index is 13.0. The molecule has 5 rings (SSSR count). The zero-order valence-corrected chi connectivity index (χ0v) is 15.5. The molecule has 4 aliphatic rings. The number of carbonyl (C=O) groups is 1. The van der Waals surface area contributed by atoms with Crippen molar-refractivity contribution >= 4 is 23.3 Å². The normalized spacial score (nSPS) is 34.8. The van der Waals surface area contributed by atoms with Crippen LogP contribution < -0.4 is 10.9 Å². The van der Waals surface area contributed by atoms with Crippen LogP contribution in [0.15, 0.2) is 11.0 Å². The number of aliphatic carboxylic acids is 1. The van der Waals surface area contributed by atoms with Crippen LogP contribution >= 0.6 is 11.6 Å². The molecule has 4 fully saturated rings. The first-order valence-electron chi connectivity index (χ1n) is 9.20. The van der Waals surface area contributed by atoms with Gasteiger partial charge in [-0.15, -0.1) is 0 Å². The Balaban J connectivity index is 1.74. The number of aromatic nitrogens is 2. The first-order valence-corrected chi connectivity index (χ1v) is 9.58. The Hall–Kier alpha value is -1.60. The molecule has 4 saturated carbocycles. The Morgan fingerprint density at radius 3 is 2.73 bits per heavy atom. The molecule has 1 aromatic rings. The SMILES string of the molecule is COCCNc1cnn(C23C[C@@H]4CC(C[C@@H](C4)C2)[C@@H]3C(=O)O)c(=O)c1Cl. The van der Waals surface area contributed by atoms with Crippen LogP contribution in [0.1, 0.15) is 32.1 Å². The predicted octanol–water partition coefficient (Wildman–Crippen LogP) is 2.19. The Kier molecular flexibility index (Phi) is 4.47. The van der Waals surface area contributed by atoms with Gasteiger partial charge in [-0.3, -0.25) is 9.59 Å². The van der Waals surface area contributed by atoms with Crippen molar-refractivity contribution in [2.24, 2.45) is 23.7 Å². The molecule has 2 unspecified atom stereocenters. The predicted molar refractivity (Wildman–Crippen MR) is 96.5 cm³/mol. The summed E-state index contributed by atoms with van der Waals surface area (Å²) < 4.78 is 6.39. The van der Waals surface area contributed by atoms with Crippen LogP contribution in [0.2, 0.25) is 5.02 Å². The Morgan fingerprint density at radius 1 is 1.42 bits per heavy atom. The lowest BCUT2D eigenvalue weighted by molar-refractivity contribution is -0.168. The molecule has 1 aromatic heterocycles. The van der Waals surface area contributed by atoms with E-state index < -0.39 is 23.0 Å². The number of hydrogen-bond acceptors (Lipinski definition) is 5. The van der Waals surface area contributed by atoms with E-state index in [2.05, 4.69) is 10.4 Å². The van der Waals surface area contributed by atoms with Gasteiger partial charge in [0, 0.05) is 13.7 Å². The summed E-state index contributed by atoms with van der Waals surface area (Å²) in [5.74, 6) is -0.291. The van der Waals surface area contributed by atoms with Gasteiger partial charge in [0.05, 0.1) is 29.9 Å². The number of carboxylic acids is 1. The minimum atomic E-state index is -0.819. The van der Waals surface area contributed by atoms with Gasteiger partial charge in [-0.25, -0.2) is 4.68 Å². The summed E-state index contributed by atoms with van der Waals surface area (Å²) in [7, 11) is 1.60. The van der Waals surface area contributed by atoms with Crippen LogP contribution in [0.3, 0.4) is 0 Å². The summed E-state index contributed by atoms with van der Waals surface area (Å²) in [6.07, 6.45) is 6.00. The minimum absolute atomic E-state index is 0.0657. The van der Waals surface area contributed by atoms with Crippen molar-refractivity contribution in [2.75, 3.05) is 25.6 Å². The van der Waals surface area contributed by atoms with E-state index in [1.165, 1.54) is 10.9 Å². The van der Waals surface area contributed by atoms with Gasteiger partial charge in [0.2, 0.25) is 0 Å². The molecule has 142 valence electrons. The number of rotatable bonds is 6. The Bertz CT molecular complexity index is 766. The van der Waals surface area contributed by atoms with Crippen LogP contribution in [0.5, 0.6) is 0 Å². The topological polar surface area (TPSA) is 93.4 Å². The number of halogens is 1. The first-order chi connectivity index (χ1) is 12.5. The molecule has 0 saturated heterocycles. The third-order valence-electron chi connectivity index (χ3n) is 6.50. The molecule has 4 aliphatic carbocycles. The van der Waals surface area contributed by atoms with Crippen molar-refractivity contribution in [3.05, 3.63) is 21.6 Å². The standard InChI is InChI=1S/C18H24ClN3O4/c1-26-3-2-20-13-9-21-22(16(23)15(13)19)18-7-10-4-11(8-18)6-12(5-10)14(18)17(24)25/h9-12,14,20H,2-8H2,1H3,(H,24,25)/t10-,11+,12?,14-,18?/m1/s1. The maximum atomic E-state index is 13.0. The van der Waals surface area contributed by atoms with E-state index in [1.54, 1.807) is 7.11 Å². The highest BCUT2D eigenvalue weighted by atomic mass is 35.5. The lowest BCUT2D eigenvalue weighted by Crippen LogP contribution is -2.63. The second-order valence-corrected chi connectivity index (χ2v) is 8.41. The van der Waals surface area contributed by atoms with Crippen molar-refractivity contribution in [2.45, 2.75) is 37.6 Å². The highest BCUT2D eigenvalue weighted by Crippen LogP contribution is 2.61. The molecule has 0 aliphatic heterocycles. The third-order valence-corrected chi connectivity index (χ3v) is 6.87. The van der Waals surface area contributed by atoms with Gasteiger partial charge < -0.3 is 15.2 Å². The molecule has 0 radical (unpaired) electrons. The molecule has 4 bridgehead atoms. The van der Waals surface area contributed by atoms with Crippen molar-refractivity contribution < 1.29 is 14.6 Å². The van der Waals surface area contributed by atoms with Crippen LogP contribution in [-0.2, 0) is 15.1 Å². The van der Waals surface area contributed by atoms with E-state index in [-0.39, 0.29) is 10.9 Å². The number of hydrogen-bond donors (Lipinski definition) is 2. The number of carboxylic acid groups (broad SMARTS) is 1. The highest BCUT2D eigenvalue weighted by molar-refractivity contribution is 6.32. The number of nitrogens with zero attached hydrogens (tertiary/aromatic N) is 2. The lowest BCUT2D eigenvalue weighted by atomic mass is 9.48. The molecule has 0 spiro atoms. The molecular weight excluding hydrogens is 358 g/mol. The van der Waals surface area contributed by atoms with Crippen LogP contribution in [0.25, 0.3) is 0 Å². The van der Waals surface area contributed by atoms with Gasteiger partial charge in [0.1, 0.15) is 5.02 Å². The number of anilines is 1. The summed E-state index contributed by atoms with van der Waals surface area (Å²) in [5.41, 5.74) is -0.685. The third kappa shape index (κ3) is 2.63. The van der Waals surface area contributed by atoms with Gasteiger partial charge in [-0.1, -0.05) is 11.6 Å². The Morgan fingerprint density at radius 2 is 2.12 bits per heavy atom. The van der Waals surface area contributed by atoms with E-state index in [9.17, 15) is 14.7 Å². The van der Waals surface area contributed by atoms with Crippen molar-refractivity contribution in [3.8, 4) is 0 Å². The van der Waals surface area contributed by atoms with Crippen molar-refractivity contribution in [1.82, 2.24) is 9.78 Å². The van der Waals surface area contributed by atoms with E-state index in [1.807, 2.05) is 0 Å². The number of methoxy groups -OCH3 is 1. The molecule has 0 aromatic carbocycles. The molecule has 5 atom stereocenters. The number of nitrogens with one attached hydrogen (secondary N) is 1. The van der Waals surface area contributed by atoms with Crippen LogP contribution in [0, 0.1) is 23.7 Å². The fourth-order valence-electron chi connectivity index (χ4n) is 5.89. The molecule has 26 heavy (non-hydrogen) atoms. The second-order valence-electron chi connectivity index (χ2n) is 8.04. The molecular formula is C18H24ClN3O4. The molecule has 1 heterocycles. The quantitative estimate of drug-likeness (QED) is 0.734. The van der Waals surface area contributed by atoms with E-state index in [0.717, 1.165) is 19.3 Å². The second kappa shape index (κ2) is 6.53. The van der Waals surface area contributed by atoms with E-state index >= 15 is 0 Å². The van der Waals surface area contributed by atoms with Crippen LogP contribution in [0.4, 0.5) is 5.69 Å². The first kappa shape index (κ1) is 17.8. The van der Waals surface area contributed by atoms with Crippen molar-refractivity contribution in [3.63, 3.8) is 0 Å². The van der Waals surface area contributed by atoms with E-state index in [0.29, 0.717) is 43.5 Å². The summed E-state index contributed by atoms with van der Waals surface area (Å²) in [5, 5.41) is 17.4. The molecule has 0 amide bonds. The number of ether oxygens (including phenoxy) is 1. The minimum Gasteiger partial charge on any atom is -0.481 e. The van der Waals surface area contributed by atoms with Crippen molar-refractivity contribution in [1.29, 1.82) is 0 Å². The zero-order valence-electron chi connectivity index (χ0n) is 14.8. The fraction of sp³-hybridized carbons (Fsp3) is 0.722. The van der Waals surface area contributed by atoms with E-state index in [4.69, 9.17) is 16.3 Å². The lowest BCUT2D eigenvalue weighted by Gasteiger charge is -2.59. The van der Waals surface area contributed by atoms with Gasteiger partial charge in [0.25, 0.3) is 5.56 Å². The monoisotopic (exact) mass is 381 g/mol. The van der Waals surface area contributed by atoms with Gasteiger partial charge in [-0.2, -0.15) is 5.10 Å². The maximum Gasteiger partial charge on any atom is 0.309 e.